The first kappa shape index (κ1) is 23.0. The molecule has 1 aromatic carbocycles. The second-order valence-corrected chi connectivity index (χ2v) is 7.27. The van der Waals surface area contributed by atoms with Gasteiger partial charge < -0.3 is 24.4 Å². The summed E-state index contributed by atoms with van der Waals surface area (Å²) < 4.78 is 16.8. The van der Waals surface area contributed by atoms with Crippen molar-refractivity contribution in [3.8, 4) is 11.5 Å². The molecule has 1 fully saturated rings. The number of nitrogens with one attached hydrogen (secondary N) is 1. The van der Waals surface area contributed by atoms with Crippen molar-refractivity contribution in [1.29, 1.82) is 0 Å². The zero-order valence-electron chi connectivity index (χ0n) is 17.3. The summed E-state index contributed by atoms with van der Waals surface area (Å²) in [6, 6.07) is 6.98. The SMILES string of the molecule is CN=C(NCC(C)N1CCOCC1C)N(C)Cc1ccc2c(c1)OCCO2.I. The van der Waals surface area contributed by atoms with Crippen molar-refractivity contribution in [2.24, 2.45) is 4.99 Å². The summed E-state index contributed by atoms with van der Waals surface area (Å²) in [5.74, 6) is 2.53. The minimum Gasteiger partial charge on any atom is -0.486 e. The maximum Gasteiger partial charge on any atom is 0.193 e. The van der Waals surface area contributed by atoms with E-state index in [1.165, 1.54) is 5.56 Å². The van der Waals surface area contributed by atoms with E-state index >= 15 is 0 Å². The monoisotopic (exact) mass is 504 g/mol. The van der Waals surface area contributed by atoms with Gasteiger partial charge in [-0.25, -0.2) is 0 Å². The largest absolute Gasteiger partial charge is 0.486 e. The van der Waals surface area contributed by atoms with Crippen LogP contribution < -0.4 is 14.8 Å². The van der Waals surface area contributed by atoms with Crippen molar-refractivity contribution in [3.05, 3.63) is 23.8 Å². The van der Waals surface area contributed by atoms with Crippen molar-refractivity contribution >= 4 is 29.9 Å². The second kappa shape index (κ2) is 11.1. The van der Waals surface area contributed by atoms with Gasteiger partial charge in [0.1, 0.15) is 13.2 Å². The van der Waals surface area contributed by atoms with Crippen molar-refractivity contribution < 1.29 is 14.2 Å². The maximum absolute atomic E-state index is 5.68. The Morgan fingerprint density at radius 1 is 1.29 bits per heavy atom. The highest BCUT2D eigenvalue weighted by Crippen LogP contribution is 2.31. The van der Waals surface area contributed by atoms with Gasteiger partial charge in [-0.15, -0.1) is 24.0 Å². The van der Waals surface area contributed by atoms with E-state index in [-0.39, 0.29) is 24.0 Å². The highest BCUT2D eigenvalue weighted by Gasteiger charge is 2.24. The van der Waals surface area contributed by atoms with E-state index in [1.807, 2.05) is 20.2 Å². The summed E-state index contributed by atoms with van der Waals surface area (Å²) in [7, 11) is 3.87. The number of benzene rings is 1. The Kier molecular flexibility index (Phi) is 9.10. The van der Waals surface area contributed by atoms with Gasteiger partial charge in [-0.2, -0.15) is 0 Å². The fourth-order valence-corrected chi connectivity index (χ4v) is 3.67. The molecule has 3 rings (SSSR count). The molecule has 2 aliphatic rings. The maximum atomic E-state index is 5.68. The van der Waals surface area contributed by atoms with Gasteiger partial charge in [0.2, 0.25) is 0 Å². The molecule has 1 N–H and O–H groups in total. The van der Waals surface area contributed by atoms with Gasteiger partial charge in [-0.3, -0.25) is 9.89 Å². The van der Waals surface area contributed by atoms with Crippen LogP contribution in [0.15, 0.2) is 23.2 Å². The molecule has 0 amide bonds. The minimum atomic E-state index is 0. The summed E-state index contributed by atoms with van der Waals surface area (Å²) in [6.45, 7) is 9.89. The Morgan fingerprint density at radius 3 is 2.75 bits per heavy atom. The lowest BCUT2D eigenvalue weighted by Gasteiger charge is -2.38. The zero-order valence-corrected chi connectivity index (χ0v) is 19.6. The van der Waals surface area contributed by atoms with Crippen molar-refractivity contribution in [2.75, 3.05) is 53.6 Å². The van der Waals surface area contributed by atoms with Crippen LogP contribution in [0.2, 0.25) is 0 Å². The Labute approximate surface area is 185 Å². The fourth-order valence-electron chi connectivity index (χ4n) is 3.67. The zero-order chi connectivity index (χ0) is 19.2. The number of halogens is 1. The third-order valence-electron chi connectivity index (χ3n) is 5.14. The molecule has 0 radical (unpaired) electrons. The van der Waals surface area contributed by atoms with E-state index < -0.39 is 0 Å². The molecule has 7 nitrogen and oxygen atoms in total. The van der Waals surface area contributed by atoms with Crippen LogP contribution in [0.3, 0.4) is 0 Å². The lowest BCUT2D eigenvalue weighted by Crippen LogP contribution is -2.53. The number of rotatable bonds is 5. The smallest absolute Gasteiger partial charge is 0.193 e. The normalized spacial score (nSPS) is 20.9. The summed E-state index contributed by atoms with van der Waals surface area (Å²) >= 11 is 0. The quantitative estimate of drug-likeness (QED) is 0.377. The van der Waals surface area contributed by atoms with E-state index in [1.54, 1.807) is 0 Å². The highest BCUT2D eigenvalue weighted by atomic mass is 127. The van der Waals surface area contributed by atoms with Crippen LogP contribution in [-0.2, 0) is 11.3 Å². The van der Waals surface area contributed by atoms with E-state index in [0.29, 0.717) is 25.3 Å². The Hall–Kier alpha value is -1.26. The molecule has 2 unspecified atom stereocenters. The molecular formula is C20H33IN4O3. The van der Waals surface area contributed by atoms with Gasteiger partial charge in [-0.1, -0.05) is 6.07 Å². The number of aliphatic imine (C=N–C) groups is 1. The number of guanidine groups is 1. The molecule has 0 spiro atoms. The molecule has 1 saturated heterocycles. The molecule has 2 heterocycles. The van der Waals surface area contributed by atoms with Crippen LogP contribution in [-0.4, -0.2) is 81.5 Å². The Balaban J connectivity index is 0.00000280. The predicted octanol–water partition coefficient (Wildman–Crippen LogP) is 2.19. The van der Waals surface area contributed by atoms with Crippen LogP contribution in [0.5, 0.6) is 11.5 Å². The van der Waals surface area contributed by atoms with E-state index in [4.69, 9.17) is 14.2 Å². The molecule has 8 heteroatoms. The fraction of sp³-hybridized carbons (Fsp3) is 0.650. The summed E-state index contributed by atoms with van der Waals surface area (Å²) in [5.41, 5.74) is 1.17. The van der Waals surface area contributed by atoms with Crippen LogP contribution in [0, 0.1) is 0 Å². The first-order chi connectivity index (χ1) is 13.1. The predicted molar refractivity (Wildman–Crippen MR) is 122 cm³/mol. The molecule has 0 saturated carbocycles. The van der Waals surface area contributed by atoms with Crippen LogP contribution in [0.25, 0.3) is 0 Å². The molecule has 2 atom stereocenters. The standard InChI is InChI=1S/C20H32N4O3.HI/c1-15(24-7-8-25-14-16(24)2)12-22-20(21-3)23(4)13-17-5-6-18-19(11-17)27-10-9-26-18;/h5-6,11,15-16H,7-10,12-14H2,1-4H3,(H,21,22);1H. The minimum absolute atomic E-state index is 0. The molecule has 1 aromatic rings. The summed E-state index contributed by atoms with van der Waals surface area (Å²) in [5, 5.41) is 3.51. The third kappa shape index (κ3) is 5.87. The number of hydrogen-bond acceptors (Lipinski definition) is 5. The van der Waals surface area contributed by atoms with Crippen molar-refractivity contribution in [1.82, 2.24) is 15.1 Å². The molecule has 28 heavy (non-hydrogen) atoms. The molecule has 2 aliphatic heterocycles. The third-order valence-corrected chi connectivity index (χ3v) is 5.14. The molecule has 0 bridgehead atoms. The summed E-state index contributed by atoms with van der Waals surface area (Å²) in [4.78, 5) is 9.06. The number of morpholine rings is 1. The lowest BCUT2D eigenvalue weighted by atomic mass is 10.2. The molecule has 0 aliphatic carbocycles. The number of nitrogens with zero attached hydrogens (tertiary/aromatic N) is 3. The number of fused-ring (bicyclic) bond motifs is 1. The molecule has 158 valence electrons. The van der Waals surface area contributed by atoms with Crippen LogP contribution in [0.1, 0.15) is 19.4 Å². The molecule has 0 aromatic heterocycles. The van der Waals surface area contributed by atoms with Gasteiger partial charge >= 0.3 is 0 Å². The summed E-state index contributed by atoms with van der Waals surface area (Å²) in [6.07, 6.45) is 0. The topological polar surface area (TPSA) is 58.6 Å². The Bertz CT molecular complexity index is 658. The van der Waals surface area contributed by atoms with Gasteiger partial charge in [0, 0.05) is 45.8 Å². The highest BCUT2D eigenvalue weighted by molar-refractivity contribution is 14.0. The van der Waals surface area contributed by atoms with E-state index in [9.17, 15) is 0 Å². The average molecular weight is 504 g/mol. The lowest BCUT2D eigenvalue weighted by molar-refractivity contribution is -0.0175. The van der Waals surface area contributed by atoms with Crippen molar-refractivity contribution in [2.45, 2.75) is 32.5 Å². The number of hydrogen-bond donors (Lipinski definition) is 1. The van der Waals surface area contributed by atoms with Gasteiger partial charge in [-0.05, 0) is 31.5 Å². The number of ether oxygens (including phenoxy) is 3. The Morgan fingerprint density at radius 2 is 2.04 bits per heavy atom. The van der Waals surface area contributed by atoms with Gasteiger partial charge in [0.05, 0.1) is 13.2 Å². The van der Waals surface area contributed by atoms with Crippen LogP contribution >= 0.6 is 24.0 Å². The average Bonchev–Trinajstić information content (AvgIpc) is 2.68. The van der Waals surface area contributed by atoms with Gasteiger partial charge in [0.15, 0.2) is 17.5 Å². The van der Waals surface area contributed by atoms with Crippen molar-refractivity contribution in [3.63, 3.8) is 0 Å². The van der Waals surface area contributed by atoms with Gasteiger partial charge in [0.25, 0.3) is 0 Å². The van der Waals surface area contributed by atoms with Crippen LogP contribution in [0.4, 0.5) is 0 Å². The van der Waals surface area contributed by atoms with E-state index in [0.717, 1.165) is 50.3 Å². The first-order valence-corrected chi connectivity index (χ1v) is 9.72. The van der Waals surface area contributed by atoms with E-state index in [2.05, 4.69) is 46.1 Å². The molecular weight excluding hydrogens is 471 g/mol. The second-order valence-electron chi connectivity index (χ2n) is 7.27. The first-order valence-electron chi connectivity index (χ1n) is 9.72.